The van der Waals surface area contributed by atoms with Crippen molar-refractivity contribution in [3.05, 3.63) is 77.1 Å². The molecule has 0 atom stereocenters. The zero-order valence-corrected chi connectivity index (χ0v) is 18.2. The second kappa shape index (κ2) is 11.2. The van der Waals surface area contributed by atoms with Crippen LogP contribution in [0, 0.1) is 0 Å². The number of aromatic nitrogens is 1. The van der Waals surface area contributed by atoms with Gasteiger partial charge in [-0.1, -0.05) is 36.4 Å². The smallest absolute Gasteiger partial charge is 0.305 e. The third-order valence-corrected chi connectivity index (χ3v) is 5.11. The van der Waals surface area contributed by atoms with Crippen molar-refractivity contribution in [2.24, 2.45) is 5.73 Å². The van der Waals surface area contributed by atoms with Crippen molar-refractivity contribution in [2.45, 2.75) is 32.6 Å². The van der Waals surface area contributed by atoms with Crippen LogP contribution < -0.4 is 5.73 Å². The van der Waals surface area contributed by atoms with Gasteiger partial charge in [-0.25, -0.2) is 0 Å². The summed E-state index contributed by atoms with van der Waals surface area (Å²) in [6.07, 6.45) is 4.06. The van der Waals surface area contributed by atoms with Gasteiger partial charge in [0.15, 0.2) is 0 Å². The Balaban J connectivity index is 1.70. The number of Topliss-reactive ketones (excluding diaryl/α,β-unsaturated/α-hetero) is 1. The van der Waals surface area contributed by atoms with E-state index in [-0.39, 0.29) is 11.7 Å². The zero-order valence-electron chi connectivity index (χ0n) is 18.2. The van der Waals surface area contributed by atoms with Crippen LogP contribution in [0.5, 0.6) is 0 Å². The number of ether oxygens (including phenoxy) is 2. The van der Waals surface area contributed by atoms with Gasteiger partial charge in [-0.15, -0.1) is 0 Å². The maximum Gasteiger partial charge on any atom is 0.305 e. The van der Waals surface area contributed by atoms with Crippen LogP contribution >= 0.6 is 0 Å². The molecule has 3 aromatic rings. The monoisotopic (exact) mass is 436 g/mol. The van der Waals surface area contributed by atoms with E-state index in [1.165, 1.54) is 0 Å². The number of carbonyl (C=O) groups is 3. The molecule has 168 valence electrons. The van der Waals surface area contributed by atoms with E-state index >= 15 is 0 Å². The number of ketones is 1. The number of hydrogen-bond acceptors (Lipinski definition) is 5. The molecule has 7 nitrogen and oxygen atoms in total. The van der Waals surface area contributed by atoms with Crippen LogP contribution in [0.1, 0.15) is 46.9 Å². The molecular formula is C25H28N2O5. The SMILES string of the molecule is CCOC(=O)CCCOCCc1ccc2c(Cc3ccccc3)cc(C(=O)C(N)=O)n2c1. The van der Waals surface area contributed by atoms with Gasteiger partial charge in [-0.2, -0.15) is 0 Å². The fraction of sp³-hybridized carbons (Fsp3) is 0.320. The largest absolute Gasteiger partial charge is 0.466 e. The summed E-state index contributed by atoms with van der Waals surface area (Å²) in [6.45, 7) is 3.11. The first-order valence-electron chi connectivity index (χ1n) is 10.7. The molecule has 3 rings (SSSR count). The van der Waals surface area contributed by atoms with Crippen molar-refractivity contribution in [3.63, 3.8) is 0 Å². The molecule has 0 aliphatic carbocycles. The fourth-order valence-electron chi connectivity index (χ4n) is 3.56. The van der Waals surface area contributed by atoms with E-state index < -0.39 is 11.7 Å². The Morgan fingerprint density at radius 1 is 1.00 bits per heavy atom. The van der Waals surface area contributed by atoms with Crippen LogP contribution in [-0.2, 0) is 31.9 Å². The van der Waals surface area contributed by atoms with Gasteiger partial charge >= 0.3 is 5.97 Å². The second-order valence-electron chi connectivity index (χ2n) is 7.47. The highest BCUT2D eigenvalue weighted by Gasteiger charge is 2.20. The number of carbonyl (C=O) groups excluding carboxylic acids is 3. The van der Waals surface area contributed by atoms with E-state index in [0.29, 0.717) is 45.5 Å². The molecule has 2 aromatic heterocycles. The van der Waals surface area contributed by atoms with E-state index in [2.05, 4.69) is 0 Å². The molecule has 2 N–H and O–H groups in total. The molecule has 32 heavy (non-hydrogen) atoms. The molecule has 0 saturated carbocycles. The van der Waals surface area contributed by atoms with Crippen LogP contribution in [0.4, 0.5) is 0 Å². The van der Waals surface area contributed by atoms with Crippen molar-refractivity contribution in [1.29, 1.82) is 0 Å². The third-order valence-electron chi connectivity index (χ3n) is 5.11. The molecule has 0 radical (unpaired) electrons. The molecule has 2 heterocycles. The number of hydrogen-bond donors (Lipinski definition) is 1. The van der Waals surface area contributed by atoms with E-state index in [9.17, 15) is 14.4 Å². The van der Waals surface area contributed by atoms with Crippen LogP contribution in [-0.4, -0.2) is 41.9 Å². The average Bonchev–Trinajstić information content (AvgIpc) is 3.14. The van der Waals surface area contributed by atoms with Gasteiger partial charge in [0.05, 0.1) is 18.9 Å². The number of esters is 1. The maximum atomic E-state index is 12.4. The summed E-state index contributed by atoms with van der Waals surface area (Å²) in [4.78, 5) is 35.3. The van der Waals surface area contributed by atoms with E-state index in [1.807, 2.05) is 48.7 Å². The van der Waals surface area contributed by atoms with Gasteiger partial charge in [0.25, 0.3) is 11.7 Å². The number of amides is 1. The normalized spacial score (nSPS) is 10.9. The van der Waals surface area contributed by atoms with Gasteiger partial charge in [-0.05, 0) is 55.0 Å². The first-order chi connectivity index (χ1) is 15.5. The zero-order chi connectivity index (χ0) is 22.9. The predicted molar refractivity (Wildman–Crippen MR) is 121 cm³/mol. The molecule has 0 aliphatic rings. The lowest BCUT2D eigenvalue weighted by atomic mass is 10.1. The molecule has 0 fully saturated rings. The van der Waals surface area contributed by atoms with Crippen LogP contribution in [0.15, 0.2) is 54.7 Å². The van der Waals surface area contributed by atoms with Crippen molar-refractivity contribution >= 4 is 23.2 Å². The highest BCUT2D eigenvalue weighted by Crippen LogP contribution is 2.22. The Morgan fingerprint density at radius 3 is 2.50 bits per heavy atom. The Labute approximate surface area is 187 Å². The van der Waals surface area contributed by atoms with E-state index in [0.717, 1.165) is 22.2 Å². The summed E-state index contributed by atoms with van der Waals surface area (Å²) >= 11 is 0. The summed E-state index contributed by atoms with van der Waals surface area (Å²) in [5.74, 6) is -1.91. The first-order valence-corrected chi connectivity index (χ1v) is 10.7. The summed E-state index contributed by atoms with van der Waals surface area (Å²) < 4.78 is 12.2. The molecule has 0 aliphatic heterocycles. The fourth-order valence-corrected chi connectivity index (χ4v) is 3.56. The van der Waals surface area contributed by atoms with Gasteiger partial charge in [0.2, 0.25) is 0 Å². The van der Waals surface area contributed by atoms with Crippen molar-refractivity contribution in [1.82, 2.24) is 4.40 Å². The van der Waals surface area contributed by atoms with E-state index in [4.69, 9.17) is 15.2 Å². The molecule has 1 amide bonds. The highest BCUT2D eigenvalue weighted by atomic mass is 16.5. The second-order valence-corrected chi connectivity index (χ2v) is 7.47. The highest BCUT2D eigenvalue weighted by molar-refractivity contribution is 6.42. The van der Waals surface area contributed by atoms with Crippen LogP contribution in [0.25, 0.3) is 5.52 Å². The van der Waals surface area contributed by atoms with Crippen molar-refractivity contribution < 1.29 is 23.9 Å². The molecule has 0 spiro atoms. The summed E-state index contributed by atoms with van der Waals surface area (Å²) in [5, 5.41) is 0. The average molecular weight is 437 g/mol. The predicted octanol–water partition coefficient (Wildman–Crippen LogP) is 3.10. The minimum Gasteiger partial charge on any atom is -0.466 e. The molecule has 0 unspecified atom stereocenters. The Morgan fingerprint density at radius 2 is 1.78 bits per heavy atom. The molecular weight excluding hydrogens is 408 g/mol. The maximum absolute atomic E-state index is 12.4. The summed E-state index contributed by atoms with van der Waals surface area (Å²) in [6, 6.07) is 15.6. The summed E-state index contributed by atoms with van der Waals surface area (Å²) in [7, 11) is 0. The molecule has 1 aromatic carbocycles. The number of nitrogens with two attached hydrogens (primary N) is 1. The molecule has 0 saturated heterocycles. The van der Waals surface area contributed by atoms with Gasteiger partial charge < -0.3 is 19.6 Å². The number of primary amides is 1. The Bertz CT molecular complexity index is 1090. The number of rotatable bonds is 12. The van der Waals surface area contributed by atoms with Gasteiger partial charge in [-0.3, -0.25) is 14.4 Å². The Hall–Kier alpha value is -3.45. The number of fused-ring (bicyclic) bond motifs is 1. The minimum absolute atomic E-state index is 0.216. The quantitative estimate of drug-likeness (QED) is 0.204. The lowest BCUT2D eigenvalue weighted by Crippen LogP contribution is -2.24. The Kier molecular flexibility index (Phi) is 8.16. The van der Waals surface area contributed by atoms with Gasteiger partial charge in [0, 0.05) is 24.7 Å². The number of pyridine rings is 1. The van der Waals surface area contributed by atoms with Crippen molar-refractivity contribution in [3.8, 4) is 0 Å². The minimum atomic E-state index is -0.981. The number of nitrogens with zero attached hydrogens (tertiary/aromatic N) is 1. The van der Waals surface area contributed by atoms with E-state index in [1.54, 1.807) is 17.4 Å². The third kappa shape index (κ3) is 6.04. The lowest BCUT2D eigenvalue weighted by molar-refractivity contribution is -0.143. The van der Waals surface area contributed by atoms with Crippen LogP contribution in [0.3, 0.4) is 0 Å². The molecule has 0 bridgehead atoms. The topological polar surface area (TPSA) is 100 Å². The summed E-state index contributed by atoms with van der Waals surface area (Å²) in [5.41, 5.74) is 9.41. The van der Waals surface area contributed by atoms with Crippen molar-refractivity contribution in [2.75, 3.05) is 19.8 Å². The standard InChI is InChI=1S/C25H28N2O5/c1-2-32-23(28)9-6-13-31-14-12-19-10-11-21-20(15-18-7-4-3-5-8-18)16-22(27(21)17-19)24(29)25(26)30/h3-5,7-8,10-11,16-17H,2,6,9,12-15H2,1H3,(H2,26,30). The van der Waals surface area contributed by atoms with Gasteiger partial charge in [0.1, 0.15) is 0 Å². The first kappa shape index (κ1) is 23.2. The van der Waals surface area contributed by atoms with Crippen LogP contribution in [0.2, 0.25) is 0 Å². The number of benzene rings is 1. The lowest BCUT2D eigenvalue weighted by Gasteiger charge is -2.07. The molecule has 7 heteroatoms.